The lowest BCUT2D eigenvalue weighted by Crippen LogP contribution is -2.49. The van der Waals surface area contributed by atoms with Crippen molar-refractivity contribution in [1.82, 2.24) is 10.2 Å². The first-order valence-electron chi connectivity index (χ1n) is 6.82. The monoisotopic (exact) mass is 226 g/mol. The summed E-state index contributed by atoms with van der Waals surface area (Å²) < 4.78 is 0. The van der Waals surface area contributed by atoms with Crippen molar-refractivity contribution in [3.8, 4) is 0 Å². The Balaban J connectivity index is 2.55. The minimum absolute atomic E-state index is 0.349. The van der Waals surface area contributed by atoms with Gasteiger partial charge in [-0.25, -0.2) is 0 Å². The van der Waals surface area contributed by atoms with Gasteiger partial charge in [0.15, 0.2) is 0 Å². The number of nitrogens with one attached hydrogen (secondary N) is 1. The Kier molecular flexibility index (Phi) is 4.81. The standard InChI is InChI=1S/C14H30N2/c1-7-15-13(14(4,5)6)10-16-9-11(2)8-12(16)3/h11-13,15H,7-10H2,1-6H3. The van der Waals surface area contributed by atoms with Gasteiger partial charge in [-0.3, -0.25) is 4.90 Å². The summed E-state index contributed by atoms with van der Waals surface area (Å²) in [6.07, 6.45) is 1.36. The van der Waals surface area contributed by atoms with Crippen LogP contribution in [0.25, 0.3) is 0 Å². The predicted octanol–water partition coefficient (Wildman–Crippen LogP) is 2.74. The van der Waals surface area contributed by atoms with Gasteiger partial charge in [0.05, 0.1) is 0 Å². The van der Waals surface area contributed by atoms with Crippen LogP contribution in [-0.2, 0) is 0 Å². The van der Waals surface area contributed by atoms with E-state index >= 15 is 0 Å². The van der Waals surface area contributed by atoms with Gasteiger partial charge < -0.3 is 5.32 Å². The quantitative estimate of drug-likeness (QED) is 0.793. The minimum atomic E-state index is 0.349. The van der Waals surface area contributed by atoms with E-state index in [1.807, 2.05) is 0 Å². The third kappa shape index (κ3) is 3.74. The van der Waals surface area contributed by atoms with E-state index < -0.39 is 0 Å². The molecule has 0 aromatic rings. The molecule has 0 aromatic carbocycles. The van der Waals surface area contributed by atoms with Crippen LogP contribution in [0.3, 0.4) is 0 Å². The average Bonchev–Trinajstić information content (AvgIpc) is 2.43. The van der Waals surface area contributed by atoms with Crippen molar-refractivity contribution in [2.24, 2.45) is 11.3 Å². The summed E-state index contributed by atoms with van der Waals surface area (Å²) in [5.74, 6) is 0.872. The number of hydrogen-bond donors (Lipinski definition) is 1. The third-order valence-electron chi connectivity index (χ3n) is 3.83. The number of rotatable bonds is 4. The number of likely N-dealkylation sites (N-methyl/N-ethyl adjacent to an activating group) is 1. The maximum Gasteiger partial charge on any atom is 0.0243 e. The Morgan fingerprint density at radius 2 is 1.94 bits per heavy atom. The van der Waals surface area contributed by atoms with Crippen LogP contribution in [0.2, 0.25) is 0 Å². The van der Waals surface area contributed by atoms with E-state index in [0.29, 0.717) is 11.5 Å². The van der Waals surface area contributed by atoms with Crippen molar-refractivity contribution in [3.63, 3.8) is 0 Å². The van der Waals surface area contributed by atoms with Crippen molar-refractivity contribution in [2.75, 3.05) is 19.6 Å². The molecule has 0 amide bonds. The highest BCUT2D eigenvalue weighted by molar-refractivity contribution is 4.88. The molecular weight excluding hydrogens is 196 g/mol. The molecule has 96 valence electrons. The first-order chi connectivity index (χ1) is 7.34. The molecule has 1 N–H and O–H groups in total. The molecule has 0 saturated carbocycles. The van der Waals surface area contributed by atoms with Crippen LogP contribution in [0, 0.1) is 11.3 Å². The Morgan fingerprint density at radius 3 is 2.31 bits per heavy atom. The Bertz CT molecular complexity index is 207. The molecule has 1 fully saturated rings. The van der Waals surface area contributed by atoms with Crippen LogP contribution in [0.5, 0.6) is 0 Å². The Morgan fingerprint density at radius 1 is 1.31 bits per heavy atom. The van der Waals surface area contributed by atoms with E-state index in [2.05, 4.69) is 51.8 Å². The van der Waals surface area contributed by atoms with Crippen LogP contribution in [-0.4, -0.2) is 36.6 Å². The van der Waals surface area contributed by atoms with E-state index in [4.69, 9.17) is 0 Å². The smallest absolute Gasteiger partial charge is 0.0243 e. The second kappa shape index (κ2) is 5.50. The lowest BCUT2D eigenvalue weighted by molar-refractivity contribution is 0.168. The average molecular weight is 226 g/mol. The molecule has 3 unspecified atom stereocenters. The van der Waals surface area contributed by atoms with Crippen molar-refractivity contribution >= 4 is 0 Å². The van der Waals surface area contributed by atoms with Crippen LogP contribution in [0.1, 0.15) is 48.0 Å². The van der Waals surface area contributed by atoms with Gasteiger partial charge in [0, 0.05) is 25.2 Å². The van der Waals surface area contributed by atoms with Crippen LogP contribution in [0.4, 0.5) is 0 Å². The number of hydrogen-bond acceptors (Lipinski definition) is 2. The highest BCUT2D eigenvalue weighted by atomic mass is 15.2. The number of nitrogens with zero attached hydrogens (tertiary/aromatic N) is 1. The fourth-order valence-corrected chi connectivity index (χ4v) is 2.77. The molecule has 0 aromatic heterocycles. The molecule has 0 aliphatic carbocycles. The molecule has 1 aliphatic rings. The fraction of sp³-hybridized carbons (Fsp3) is 1.00. The van der Waals surface area contributed by atoms with E-state index in [1.54, 1.807) is 0 Å². The van der Waals surface area contributed by atoms with Gasteiger partial charge in [-0.1, -0.05) is 34.6 Å². The first kappa shape index (κ1) is 14.0. The lowest BCUT2D eigenvalue weighted by Gasteiger charge is -2.36. The topological polar surface area (TPSA) is 15.3 Å². The van der Waals surface area contributed by atoms with Gasteiger partial charge in [0.1, 0.15) is 0 Å². The Hall–Kier alpha value is -0.0800. The summed E-state index contributed by atoms with van der Waals surface area (Å²) in [6, 6.07) is 1.36. The van der Waals surface area contributed by atoms with E-state index in [9.17, 15) is 0 Å². The summed E-state index contributed by atoms with van der Waals surface area (Å²) in [5.41, 5.74) is 0.349. The van der Waals surface area contributed by atoms with Crippen molar-refractivity contribution < 1.29 is 0 Å². The van der Waals surface area contributed by atoms with Crippen molar-refractivity contribution in [2.45, 2.75) is 60.0 Å². The highest BCUT2D eigenvalue weighted by Crippen LogP contribution is 2.26. The van der Waals surface area contributed by atoms with Crippen molar-refractivity contribution in [1.29, 1.82) is 0 Å². The van der Waals surface area contributed by atoms with E-state index in [-0.39, 0.29) is 0 Å². The predicted molar refractivity (Wildman–Crippen MR) is 71.7 cm³/mol. The molecule has 3 atom stereocenters. The summed E-state index contributed by atoms with van der Waals surface area (Å²) in [7, 11) is 0. The lowest BCUT2D eigenvalue weighted by atomic mass is 9.86. The van der Waals surface area contributed by atoms with Crippen molar-refractivity contribution in [3.05, 3.63) is 0 Å². The largest absolute Gasteiger partial charge is 0.312 e. The summed E-state index contributed by atoms with van der Waals surface area (Å²) in [4.78, 5) is 2.66. The molecule has 2 nitrogen and oxygen atoms in total. The van der Waals surface area contributed by atoms with Crippen LogP contribution in [0.15, 0.2) is 0 Å². The molecule has 2 heteroatoms. The van der Waals surface area contributed by atoms with Gasteiger partial charge in [-0.15, -0.1) is 0 Å². The molecule has 1 aliphatic heterocycles. The molecule has 1 saturated heterocycles. The van der Waals surface area contributed by atoms with Crippen LogP contribution >= 0.6 is 0 Å². The zero-order valence-electron chi connectivity index (χ0n) is 12.0. The minimum Gasteiger partial charge on any atom is -0.312 e. The normalized spacial score (nSPS) is 29.6. The highest BCUT2D eigenvalue weighted by Gasteiger charge is 2.31. The fourth-order valence-electron chi connectivity index (χ4n) is 2.77. The molecular formula is C14H30N2. The molecule has 0 bridgehead atoms. The summed E-state index contributed by atoms with van der Waals surface area (Å²) >= 11 is 0. The molecule has 0 radical (unpaired) electrons. The molecule has 0 spiro atoms. The zero-order chi connectivity index (χ0) is 12.3. The second-order valence-corrected chi connectivity index (χ2v) is 6.62. The summed E-state index contributed by atoms with van der Waals surface area (Å²) in [5, 5.41) is 3.64. The van der Waals surface area contributed by atoms with E-state index in [0.717, 1.165) is 18.5 Å². The summed E-state index contributed by atoms with van der Waals surface area (Å²) in [6.45, 7) is 17.5. The zero-order valence-corrected chi connectivity index (χ0v) is 12.0. The molecule has 16 heavy (non-hydrogen) atoms. The second-order valence-electron chi connectivity index (χ2n) is 6.62. The SMILES string of the molecule is CCNC(CN1CC(C)CC1C)C(C)(C)C. The molecule has 1 rings (SSSR count). The Labute approximate surface area is 102 Å². The van der Waals surface area contributed by atoms with Gasteiger partial charge in [0.25, 0.3) is 0 Å². The van der Waals surface area contributed by atoms with Gasteiger partial charge in [-0.2, -0.15) is 0 Å². The molecule has 1 heterocycles. The third-order valence-corrected chi connectivity index (χ3v) is 3.83. The van der Waals surface area contributed by atoms with Gasteiger partial charge in [-0.05, 0) is 31.2 Å². The van der Waals surface area contributed by atoms with Gasteiger partial charge >= 0.3 is 0 Å². The maximum atomic E-state index is 3.64. The number of likely N-dealkylation sites (tertiary alicyclic amines) is 1. The van der Waals surface area contributed by atoms with Crippen LogP contribution < -0.4 is 5.32 Å². The first-order valence-corrected chi connectivity index (χ1v) is 6.82. The van der Waals surface area contributed by atoms with E-state index in [1.165, 1.54) is 19.5 Å². The maximum absolute atomic E-state index is 3.64. The van der Waals surface area contributed by atoms with Gasteiger partial charge in [0.2, 0.25) is 0 Å².